The Balaban J connectivity index is 1.40. The highest BCUT2D eigenvalue weighted by Gasteiger charge is 2.17. The number of carbonyl (C=O) groups excluding carboxylic acids is 1. The maximum absolute atomic E-state index is 12.6. The first-order valence-electron chi connectivity index (χ1n) is 10.3. The van der Waals surface area contributed by atoms with Gasteiger partial charge in [-0.1, -0.05) is 18.2 Å². The van der Waals surface area contributed by atoms with Crippen molar-refractivity contribution >= 4 is 23.5 Å². The highest BCUT2D eigenvalue weighted by Crippen LogP contribution is 2.29. The number of hydrogen-bond acceptors (Lipinski definition) is 5. The largest absolute Gasteiger partial charge is 0.281 e. The molecular weight excluding hydrogens is 406 g/mol. The molecule has 0 unspecified atom stereocenters. The van der Waals surface area contributed by atoms with Gasteiger partial charge in [-0.25, -0.2) is 10.1 Å². The van der Waals surface area contributed by atoms with E-state index in [2.05, 4.69) is 15.5 Å². The average Bonchev–Trinajstić information content (AvgIpc) is 3.45. The Morgan fingerprint density at radius 3 is 2.81 bits per heavy atom. The molecule has 7 heteroatoms. The third kappa shape index (κ3) is 4.18. The van der Waals surface area contributed by atoms with Gasteiger partial charge >= 0.3 is 0 Å². The summed E-state index contributed by atoms with van der Waals surface area (Å²) >= 11 is 1.58. The number of nitrogens with one attached hydrogen (secondary N) is 1. The lowest BCUT2D eigenvalue weighted by molar-refractivity contribution is 0.0959. The molecular formula is C24H21N5OS. The summed E-state index contributed by atoms with van der Waals surface area (Å²) in [6, 6.07) is 15.7. The van der Waals surface area contributed by atoms with Crippen LogP contribution >= 0.6 is 11.3 Å². The first kappa shape index (κ1) is 19.4. The lowest BCUT2D eigenvalue weighted by Gasteiger charge is -2.08. The minimum Gasteiger partial charge on any atom is -0.266 e. The molecule has 1 amide bonds. The third-order valence-corrected chi connectivity index (χ3v) is 6.52. The molecule has 0 fully saturated rings. The number of fused-ring (bicyclic) bond motifs is 1. The summed E-state index contributed by atoms with van der Waals surface area (Å²) in [5.41, 5.74) is 7.36. The molecule has 0 radical (unpaired) electrons. The van der Waals surface area contributed by atoms with Gasteiger partial charge in [0.05, 0.1) is 16.8 Å². The second kappa shape index (κ2) is 8.65. The number of amides is 1. The van der Waals surface area contributed by atoms with Crippen molar-refractivity contribution in [2.24, 2.45) is 5.10 Å². The van der Waals surface area contributed by atoms with Crippen LogP contribution in [-0.4, -0.2) is 26.9 Å². The Kier molecular flexibility index (Phi) is 5.41. The molecule has 1 aromatic carbocycles. The molecule has 0 atom stereocenters. The fourth-order valence-corrected chi connectivity index (χ4v) is 4.88. The fourth-order valence-electron chi connectivity index (χ4n) is 3.74. The van der Waals surface area contributed by atoms with Crippen LogP contribution in [0.4, 0.5) is 0 Å². The predicted molar refractivity (Wildman–Crippen MR) is 123 cm³/mol. The van der Waals surface area contributed by atoms with E-state index in [1.165, 1.54) is 23.3 Å². The van der Waals surface area contributed by atoms with Crippen molar-refractivity contribution in [1.29, 1.82) is 0 Å². The number of thiophene rings is 1. The Bertz CT molecular complexity index is 1200. The predicted octanol–water partition coefficient (Wildman–Crippen LogP) is 4.64. The number of hydrogen-bond donors (Lipinski definition) is 1. The SMILES string of the molecule is O=C(N/N=C/c1cn(-c2ccccc2)nc1-c1cccnc1)c1cc2c(s1)CCCC2. The minimum atomic E-state index is -0.172. The van der Waals surface area contributed by atoms with Gasteiger partial charge in [0.15, 0.2) is 0 Å². The van der Waals surface area contributed by atoms with Crippen LogP contribution in [0.2, 0.25) is 0 Å². The molecule has 1 aliphatic carbocycles. The van der Waals surface area contributed by atoms with Crippen molar-refractivity contribution in [3.63, 3.8) is 0 Å². The van der Waals surface area contributed by atoms with Gasteiger partial charge in [-0.2, -0.15) is 10.2 Å². The van der Waals surface area contributed by atoms with Crippen LogP contribution in [0.15, 0.2) is 72.2 Å². The van der Waals surface area contributed by atoms with Crippen LogP contribution in [0, 0.1) is 0 Å². The summed E-state index contributed by atoms with van der Waals surface area (Å²) in [6.45, 7) is 0. The van der Waals surface area contributed by atoms with E-state index < -0.39 is 0 Å². The number of benzene rings is 1. The van der Waals surface area contributed by atoms with Gasteiger partial charge in [0.2, 0.25) is 0 Å². The van der Waals surface area contributed by atoms with Crippen molar-refractivity contribution in [1.82, 2.24) is 20.2 Å². The Morgan fingerprint density at radius 1 is 1.13 bits per heavy atom. The lowest BCUT2D eigenvalue weighted by Crippen LogP contribution is -2.16. The lowest BCUT2D eigenvalue weighted by atomic mass is 9.99. The second-order valence-electron chi connectivity index (χ2n) is 7.42. The number of nitrogens with zero attached hydrogens (tertiary/aromatic N) is 4. The molecule has 154 valence electrons. The van der Waals surface area contributed by atoms with E-state index >= 15 is 0 Å². The molecule has 6 nitrogen and oxygen atoms in total. The molecule has 0 bridgehead atoms. The van der Waals surface area contributed by atoms with Crippen LogP contribution in [0.3, 0.4) is 0 Å². The van der Waals surface area contributed by atoms with E-state index in [-0.39, 0.29) is 5.91 Å². The van der Waals surface area contributed by atoms with Gasteiger partial charge in [0, 0.05) is 34.6 Å². The molecule has 5 rings (SSSR count). The third-order valence-electron chi connectivity index (χ3n) is 5.29. The zero-order chi connectivity index (χ0) is 21.0. The van der Waals surface area contributed by atoms with Crippen molar-refractivity contribution in [3.8, 4) is 16.9 Å². The minimum absolute atomic E-state index is 0.172. The quantitative estimate of drug-likeness (QED) is 0.373. The monoisotopic (exact) mass is 427 g/mol. The number of pyridine rings is 1. The van der Waals surface area contributed by atoms with Crippen LogP contribution in [0.1, 0.15) is 38.5 Å². The van der Waals surface area contributed by atoms with Crippen LogP contribution in [0.25, 0.3) is 16.9 Å². The number of carbonyl (C=O) groups is 1. The molecule has 4 aromatic rings. The maximum Gasteiger partial charge on any atom is 0.281 e. The van der Waals surface area contributed by atoms with Crippen molar-refractivity contribution in [2.75, 3.05) is 0 Å². The Labute approximate surface area is 184 Å². The van der Waals surface area contributed by atoms with Crippen LogP contribution in [0.5, 0.6) is 0 Å². The number of rotatable bonds is 5. The summed E-state index contributed by atoms with van der Waals surface area (Å²) in [6.07, 6.45) is 11.6. The second-order valence-corrected chi connectivity index (χ2v) is 8.56. The molecule has 3 aromatic heterocycles. The normalized spacial score (nSPS) is 13.3. The van der Waals surface area contributed by atoms with Gasteiger partial charge in [-0.15, -0.1) is 11.3 Å². The first-order chi connectivity index (χ1) is 15.3. The maximum atomic E-state index is 12.6. The Hall–Kier alpha value is -3.58. The van der Waals surface area contributed by atoms with Crippen molar-refractivity contribution < 1.29 is 4.79 Å². The van der Waals surface area contributed by atoms with E-state index in [0.717, 1.165) is 40.2 Å². The molecule has 31 heavy (non-hydrogen) atoms. The van der Waals surface area contributed by atoms with E-state index in [9.17, 15) is 4.79 Å². The van der Waals surface area contributed by atoms with Gasteiger partial charge < -0.3 is 0 Å². The molecule has 0 spiro atoms. The highest BCUT2D eigenvalue weighted by molar-refractivity contribution is 7.14. The highest BCUT2D eigenvalue weighted by atomic mass is 32.1. The zero-order valence-corrected chi connectivity index (χ0v) is 17.7. The van der Waals surface area contributed by atoms with Crippen molar-refractivity contribution in [2.45, 2.75) is 25.7 Å². The summed E-state index contributed by atoms with van der Waals surface area (Å²) in [4.78, 5) is 18.8. The van der Waals surface area contributed by atoms with E-state index in [0.29, 0.717) is 0 Å². The summed E-state index contributed by atoms with van der Waals surface area (Å²) in [7, 11) is 0. The van der Waals surface area contributed by atoms with Gasteiger partial charge in [0.25, 0.3) is 5.91 Å². The van der Waals surface area contributed by atoms with Gasteiger partial charge in [-0.05, 0) is 61.6 Å². The molecule has 0 saturated carbocycles. The standard InChI is InChI=1S/C24H21N5OS/c30-24(22-13-17-7-4-5-11-21(17)31-22)27-26-15-19-16-29(20-9-2-1-3-10-20)28-23(19)18-8-6-12-25-14-18/h1-3,6,8-10,12-16H,4-5,7,11H2,(H,27,30)/b26-15+. The number of aromatic nitrogens is 3. The van der Waals surface area contributed by atoms with Gasteiger partial charge in [-0.3, -0.25) is 9.78 Å². The Morgan fingerprint density at radius 2 is 2.00 bits per heavy atom. The number of para-hydroxylation sites is 1. The number of aryl methyl sites for hydroxylation is 2. The van der Waals surface area contributed by atoms with Crippen molar-refractivity contribution in [3.05, 3.63) is 88.0 Å². The molecule has 0 aliphatic heterocycles. The van der Waals surface area contributed by atoms with Crippen LogP contribution in [-0.2, 0) is 12.8 Å². The molecule has 0 saturated heterocycles. The first-order valence-corrected chi connectivity index (χ1v) is 11.1. The fraction of sp³-hybridized carbons (Fsp3) is 0.167. The van der Waals surface area contributed by atoms with E-state index in [1.54, 1.807) is 34.6 Å². The van der Waals surface area contributed by atoms with Gasteiger partial charge in [0.1, 0.15) is 5.69 Å². The number of hydrazone groups is 1. The van der Waals surface area contributed by atoms with E-state index in [1.807, 2.05) is 54.7 Å². The molecule has 3 heterocycles. The van der Waals surface area contributed by atoms with E-state index in [4.69, 9.17) is 5.10 Å². The molecule has 1 aliphatic rings. The van der Waals surface area contributed by atoms with Crippen LogP contribution < -0.4 is 5.43 Å². The molecule has 1 N–H and O–H groups in total. The summed E-state index contributed by atoms with van der Waals surface area (Å²) in [5.74, 6) is -0.172. The summed E-state index contributed by atoms with van der Waals surface area (Å²) < 4.78 is 1.80. The average molecular weight is 428 g/mol. The smallest absolute Gasteiger partial charge is 0.266 e. The zero-order valence-electron chi connectivity index (χ0n) is 16.9. The summed E-state index contributed by atoms with van der Waals surface area (Å²) in [5, 5.41) is 8.95. The topological polar surface area (TPSA) is 72.2 Å².